The predicted molar refractivity (Wildman–Crippen MR) is 68.7 cm³/mol. The van der Waals surface area contributed by atoms with E-state index in [4.69, 9.17) is 5.73 Å². The zero-order valence-electron chi connectivity index (χ0n) is 10.4. The van der Waals surface area contributed by atoms with Gasteiger partial charge in [-0.15, -0.1) is 11.3 Å². The van der Waals surface area contributed by atoms with Crippen molar-refractivity contribution in [3.63, 3.8) is 0 Å². The number of likely N-dealkylation sites (N-methyl/N-ethyl adjacent to an activating group) is 1. The van der Waals surface area contributed by atoms with Gasteiger partial charge in [0.1, 0.15) is 0 Å². The molecule has 0 aliphatic carbocycles. The third-order valence-electron chi connectivity index (χ3n) is 2.54. The smallest absolute Gasteiger partial charge is 0.241 e. The maximum Gasteiger partial charge on any atom is 0.241 e. The first-order valence-corrected chi connectivity index (χ1v) is 6.27. The van der Waals surface area contributed by atoms with E-state index in [0.717, 1.165) is 13.0 Å². The van der Waals surface area contributed by atoms with E-state index in [0.29, 0.717) is 0 Å². The maximum absolute atomic E-state index is 11.8. The molecule has 4 heteroatoms. The van der Waals surface area contributed by atoms with Crippen molar-refractivity contribution in [2.24, 2.45) is 5.73 Å². The van der Waals surface area contributed by atoms with Crippen LogP contribution in [-0.4, -0.2) is 29.9 Å². The van der Waals surface area contributed by atoms with E-state index in [2.05, 4.69) is 18.4 Å². The zero-order valence-corrected chi connectivity index (χ0v) is 11.2. The van der Waals surface area contributed by atoms with Crippen molar-refractivity contribution < 1.29 is 4.79 Å². The summed E-state index contributed by atoms with van der Waals surface area (Å²) in [5.74, 6) is -0.0123. The van der Waals surface area contributed by atoms with Gasteiger partial charge in [-0.05, 0) is 44.2 Å². The number of amides is 1. The predicted octanol–water partition coefficient (Wildman–Crippen LogP) is 1.79. The van der Waals surface area contributed by atoms with Crippen LogP contribution in [0, 0.1) is 6.92 Å². The van der Waals surface area contributed by atoms with Crippen LogP contribution in [0.2, 0.25) is 0 Å². The molecule has 3 nitrogen and oxygen atoms in total. The average Bonchev–Trinajstić information content (AvgIpc) is 2.58. The van der Waals surface area contributed by atoms with Gasteiger partial charge in [0.15, 0.2) is 0 Å². The summed E-state index contributed by atoms with van der Waals surface area (Å²) < 4.78 is 0. The molecule has 0 bridgehead atoms. The summed E-state index contributed by atoms with van der Waals surface area (Å²) >= 11 is 1.74. The van der Waals surface area contributed by atoms with Gasteiger partial charge >= 0.3 is 0 Å². The lowest BCUT2D eigenvalue weighted by molar-refractivity contribution is -0.134. The van der Waals surface area contributed by atoms with E-state index in [1.165, 1.54) is 10.4 Å². The van der Waals surface area contributed by atoms with Gasteiger partial charge in [-0.25, -0.2) is 0 Å². The normalized spacial score (nSPS) is 11.6. The first-order valence-electron chi connectivity index (χ1n) is 5.40. The van der Waals surface area contributed by atoms with Crippen molar-refractivity contribution in [1.29, 1.82) is 0 Å². The van der Waals surface area contributed by atoms with Crippen LogP contribution in [0.15, 0.2) is 11.4 Å². The van der Waals surface area contributed by atoms with Crippen molar-refractivity contribution in [2.75, 3.05) is 13.6 Å². The van der Waals surface area contributed by atoms with Crippen molar-refractivity contribution in [3.05, 3.63) is 21.9 Å². The molecule has 1 aromatic rings. The summed E-state index contributed by atoms with van der Waals surface area (Å²) in [5.41, 5.74) is 6.30. The van der Waals surface area contributed by atoms with Gasteiger partial charge in [-0.3, -0.25) is 4.79 Å². The molecule has 0 aromatic carbocycles. The molecule has 0 saturated carbocycles. The Labute approximate surface area is 101 Å². The molecule has 0 atom stereocenters. The third kappa shape index (κ3) is 3.32. The highest BCUT2D eigenvalue weighted by Crippen LogP contribution is 2.16. The van der Waals surface area contributed by atoms with Crippen LogP contribution in [0.25, 0.3) is 0 Å². The van der Waals surface area contributed by atoms with Crippen molar-refractivity contribution in [2.45, 2.75) is 32.7 Å². The monoisotopic (exact) mass is 240 g/mol. The molecule has 1 heterocycles. The second-order valence-electron chi connectivity index (χ2n) is 4.73. The van der Waals surface area contributed by atoms with Crippen molar-refractivity contribution in [3.8, 4) is 0 Å². The molecule has 0 spiro atoms. The fraction of sp³-hybridized carbons (Fsp3) is 0.583. The second-order valence-corrected chi connectivity index (χ2v) is 5.73. The Hall–Kier alpha value is -0.870. The minimum atomic E-state index is -0.779. The molecule has 1 aromatic heterocycles. The topological polar surface area (TPSA) is 46.3 Å². The Kier molecular flexibility index (Phi) is 4.10. The van der Waals surface area contributed by atoms with Gasteiger partial charge in [0.25, 0.3) is 0 Å². The zero-order chi connectivity index (χ0) is 12.3. The Morgan fingerprint density at radius 3 is 2.62 bits per heavy atom. The molecule has 90 valence electrons. The van der Waals surface area contributed by atoms with Crippen molar-refractivity contribution >= 4 is 17.2 Å². The summed E-state index contributed by atoms with van der Waals surface area (Å²) in [7, 11) is 1.81. The molecule has 0 aliphatic heterocycles. The minimum absolute atomic E-state index is 0.0123. The summed E-state index contributed by atoms with van der Waals surface area (Å²) in [5, 5.41) is 2.08. The molecular weight excluding hydrogens is 220 g/mol. The van der Waals surface area contributed by atoms with Crippen LogP contribution >= 0.6 is 11.3 Å². The number of hydrogen-bond acceptors (Lipinski definition) is 3. The summed E-state index contributed by atoms with van der Waals surface area (Å²) in [6.45, 7) is 6.30. The van der Waals surface area contributed by atoms with Crippen molar-refractivity contribution in [1.82, 2.24) is 4.90 Å². The van der Waals surface area contributed by atoms with Crippen LogP contribution in [0.1, 0.15) is 24.3 Å². The Bertz CT molecular complexity index is 365. The molecule has 2 N–H and O–H groups in total. The first kappa shape index (κ1) is 13.2. The molecule has 1 amide bonds. The summed E-state index contributed by atoms with van der Waals surface area (Å²) in [4.78, 5) is 14.9. The highest BCUT2D eigenvalue weighted by Gasteiger charge is 2.25. The standard InChI is InChI=1S/C12H20N2OS/c1-9-6-8-16-10(9)5-7-14(4)11(15)12(2,3)13/h6,8H,5,7,13H2,1-4H3. The first-order chi connectivity index (χ1) is 7.32. The number of hydrogen-bond donors (Lipinski definition) is 1. The SMILES string of the molecule is Cc1ccsc1CCN(C)C(=O)C(C)(C)N. The number of thiophene rings is 1. The van der Waals surface area contributed by atoms with E-state index < -0.39 is 5.54 Å². The number of aryl methyl sites for hydroxylation is 1. The molecule has 0 saturated heterocycles. The van der Waals surface area contributed by atoms with Crippen LogP contribution < -0.4 is 5.73 Å². The van der Waals surface area contributed by atoms with E-state index in [1.807, 2.05) is 0 Å². The highest BCUT2D eigenvalue weighted by atomic mass is 32.1. The molecule has 0 aliphatic rings. The Balaban J connectivity index is 2.51. The van der Waals surface area contributed by atoms with Crippen LogP contribution in [0.3, 0.4) is 0 Å². The summed E-state index contributed by atoms with van der Waals surface area (Å²) in [6.07, 6.45) is 0.905. The molecular formula is C12H20N2OS. The average molecular weight is 240 g/mol. The van der Waals surface area contributed by atoms with Crippen LogP contribution in [0.4, 0.5) is 0 Å². The van der Waals surface area contributed by atoms with Gasteiger partial charge in [-0.1, -0.05) is 0 Å². The Morgan fingerprint density at radius 2 is 2.19 bits per heavy atom. The minimum Gasteiger partial charge on any atom is -0.344 e. The summed E-state index contributed by atoms with van der Waals surface area (Å²) in [6, 6.07) is 2.11. The fourth-order valence-corrected chi connectivity index (χ4v) is 2.42. The van der Waals surface area contributed by atoms with E-state index in [9.17, 15) is 4.79 Å². The quantitative estimate of drug-likeness (QED) is 0.872. The van der Waals surface area contributed by atoms with Crippen LogP contribution in [-0.2, 0) is 11.2 Å². The largest absolute Gasteiger partial charge is 0.344 e. The van der Waals surface area contributed by atoms with E-state index in [1.54, 1.807) is 37.1 Å². The number of nitrogens with zero attached hydrogens (tertiary/aromatic N) is 1. The number of nitrogens with two attached hydrogens (primary N) is 1. The fourth-order valence-electron chi connectivity index (χ4n) is 1.52. The lowest BCUT2D eigenvalue weighted by Gasteiger charge is -2.25. The Morgan fingerprint density at radius 1 is 1.56 bits per heavy atom. The lowest BCUT2D eigenvalue weighted by Crippen LogP contribution is -2.50. The molecule has 0 radical (unpaired) electrons. The van der Waals surface area contributed by atoms with Crippen LogP contribution in [0.5, 0.6) is 0 Å². The number of carbonyl (C=O) groups excluding carboxylic acids is 1. The van der Waals surface area contributed by atoms with Gasteiger partial charge in [-0.2, -0.15) is 0 Å². The third-order valence-corrected chi connectivity index (χ3v) is 3.62. The van der Waals surface area contributed by atoms with E-state index >= 15 is 0 Å². The number of rotatable bonds is 4. The van der Waals surface area contributed by atoms with E-state index in [-0.39, 0.29) is 5.91 Å². The highest BCUT2D eigenvalue weighted by molar-refractivity contribution is 7.10. The second kappa shape index (κ2) is 4.97. The maximum atomic E-state index is 11.8. The molecule has 0 unspecified atom stereocenters. The molecule has 0 fully saturated rings. The van der Waals surface area contributed by atoms with Gasteiger partial charge < -0.3 is 10.6 Å². The number of carbonyl (C=O) groups is 1. The van der Waals surface area contributed by atoms with Gasteiger partial charge in [0.2, 0.25) is 5.91 Å². The molecule has 1 rings (SSSR count). The van der Waals surface area contributed by atoms with Gasteiger partial charge in [0.05, 0.1) is 5.54 Å². The lowest BCUT2D eigenvalue weighted by atomic mass is 10.1. The molecule has 16 heavy (non-hydrogen) atoms. The van der Waals surface area contributed by atoms with Gasteiger partial charge in [0, 0.05) is 18.5 Å².